The zero-order valence-corrected chi connectivity index (χ0v) is 16.1. The lowest BCUT2D eigenvalue weighted by Crippen LogP contribution is -2.31. The van der Waals surface area contributed by atoms with Gasteiger partial charge in [-0.3, -0.25) is 0 Å². The second-order valence-corrected chi connectivity index (χ2v) is 7.25. The zero-order valence-electron chi connectivity index (χ0n) is 16.1. The highest BCUT2D eigenvalue weighted by Gasteiger charge is 2.18. The van der Waals surface area contributed by atoms with Gasteiger partial charge in [0.2, 0.25) is 0 Å². The maximum absolute atomic E-state index is 5.86. The van der Waals surface area contributed by atoms with Gasteiger partial charge in [0.25, 0.3) is 0 Å². The molecular weight excluding hydrogens is 362 g/mol. The van der Waals surface area contributed by atoms with E-state index in [-0.39, 0.29) is 0 Å². The molecule has 146 valence electrons. The summed E-state index contributed by atoms with van der Waals surface area (Å²) < 4.78 is 8.13. The van der Waals surface area contributed by atoms with Gasteiger partial charge in [-0.15, -0.1) is 0 Å². The van der Waals surface area contributed by atoms with Crippen LogP contribution in [0, 0.1) is 0 Å². The maximum atomic E-state index is 5.86. The van der Waals surface area contributed by atoms with Gasteiger partial charge >= 0.3 is 0 Å². The van der Waals surface area contributed by atoms with Crippen LogP contribution in [0.2, 0.25) is 0 Å². The summed E-state index contributed by atoms with van der Waals surface area (Å²) in [5, 5.41) is 7.92. The van der Waals surface area contributed by atoms with E-state index in [2.05, 4.69) is 37.4 Å². The fraction of sp³-hybridized carbons (Fsp3) is 0.217. The number of benzene rings is 2. The second kappa shape index (κ2) is 7.93. The quantitative estimate of drug-likeness (QED) is 0.512. The number of fused-ring (bicyclic) bond motifs is 1. The molecule has 3 heterocycles. The molecule has 1 atom stereocenters. The molecule has 1 fully saturated rings. The first kappa shape index (κ1) is 17.7. The highest BCUT2D eigenvalue weighted by Crippen LogP contribution is 2.29. The number of rotatable bonds is 5. The van der Waals surface area contributed by atoms with Crippen molar-refractivity contribution < 1.29 is 4.74 Å². The van der Waals surface area contributed by atoms with Crippen LogP contribution in [0.5, 0.6) is 11.5 Å². The van der Waals surface area contributed by atoms with Crippen molar-refractivity contribution in [2.45, 2.75) is 18.9 Å². The van der Waals surface area contributed by atoms with E-state index < -0.39 is 0 Å². The average Bonchev–Trinajstić information content (AvgIpc) is 3.22. The number of nitrogens with zero attached hydrogens (tertiary/aromatic N) is 3. The Morgan fingerprint density at radius 1 is 0.966 bits per heavy atom. The fourth-order valence-electron chi connectivity index (χ4n) is 3.80. The van der Waals surface area contributed by atoms with Gasteiger partial charge in [-0.25, -0.2) is 9.97 Å². The van der Waals surface area contributed by atoms with Crippen molar-refractivity contribution in [2.75, 3.05) is 18.4 Å². The molecule has 29 heavy (non-hydrogen) atoms. The van der Waals surface area contributed by atoms with Crippen LogP contribution in [0.25, 0.3) is 11.0 Å². The van der Waals surface area contributed by atoms with E-state index in [0.717, 1.165) is 47.1 Å². The average molecular weight is 385 g/mol. The van der Waals surface area contributed by atoms with Crippen LogP contribution in [0.4, 0.5) is 11.5 Å². The van der Waals surface area contributed by atoms with E-state index in [4.69, 9.17) is 4.74 Å². The predicted octanol–water partition coefficient (Wildman–Crippen LogP) is 4.89. The lowest BCUT2D eigenvalue weighted by molar-refractivity contribution is 0.378. The summed E-state index contributed by atoms with van der Waals surface area (Å²) in [5.74, 6) is 2.43. The van der Waals surface area contributed by atoms with Crippen molar-refractivity contribution in [3.05, 3.63) is 73.2 Å². The van der Waals surface area contributed by atoms with Gasteiger partial charge in [0.1, 0.15) is 29.3 Å². The van der Waals surface area contributed by atoms with Gasteiger partial charge in [-0.05, 0) is 61.9 Å². The van der Waals surface area contributed by atoms with Crippen molar-refractivity contribution in [2.24, 2.45) is 0 Å². The Bertz CT molecular complexity index is 1090. The van der Waals surface area contributed by atoms with Crippen LogP contribution in [-0.4, -0.2) is 27.6 Å². The number of para-hydroxylation sites is 1. The van der Waals surface area contributed by atoms with Crippen LogP contribution in [0.15, 0.2) is 73.2 Å². The first-order valence-corrected chi connectivity index (χ1v) is 9.99. The molecule has 0 spiro atoms. The van der Waals surface area contributed by atoms with Crippen LogP contribution >= 0.6 is 0 Å². The number of nitrogens with one attached hydrogen (secondary N) is 2. The molecule has 0 radical (unpaired) electrons. The molecule has 1 saturated heterocycles. The standard InChI is InChI=1S/C23H23N5O/c1-2-6-19(7-3-1)29-20-10-8-17(9-11-20)27-22-21-12-14-28(23(21)26-16-25-22)18-5-4-13-24-15-18/h1-3,6-12,14,16,18,24H,4-5,13,15H2,(H,25,26,27)/t18-/m1/s1. The molecule has 1 aliphatic heterocycles. The Morgan fingerprint density at radius 3 is 2.59 bits per heavy atom. The Kier molecular flexibility index (Phi) is 4.84. The normalized spacial score (nSPS) is 16.6. The van der Waals surface area contributed by atoms with Gasteiger partial charge in [-0.1, -0.05) is 18.2 Å². The largest absolute Gasteiger partial charge is 0.457 e. The minimum atomic E-state index is 0.443. The maximum Gasteiger partial charge on any atom is 0.145 e. The first-order valence-electron chi connectivity index (χ1n) is 9.99. The number of anilines is 2. The number of aromatic nitrogens is 3. The van der Waals surface area contributed by atoms with E-state index in [9.17, 15) is 0 Å². The van der Waals surface area contributed by atoms with Crippen molar-refractivity contribution in [3.63, 3.8) is 0 Å². The Hall–Kier alpha value is -3.38. The number of ether oxygens (including phenoxy) is 1. The van der Waals surface area contributed by atoms with Crippen LogP contribution in [0.3, 0.4) is 0 Å². The van der Waals surface area contributed by atoms with E-state index in [0.29, 0.717) is 6.04 Å². The summed E-state index contributed by atoms with van der Waals surface area (Å²) in [6.07, 6.45) is 6.12. The summed E-state index contributed by atoms with van der Waals surface area (Å²) in [6.45, 7) is 2.08. The van der Waals surface area contributed by atoms with Gasteiger partial charge in [0, 0.05) is 24.5 Å². The smallest absolute Gasteiger partial charge is 0.145 e. The van der Waals surface area contributed by atoms with Gasteiger partial charge in [0.15, 0.2) is 0 Å². The number of hydrogen-bond donors (Lipinski definition) is 2. The summed E-state index contributed by atoms with van der Waals surface area (Å²) in [6, 6.07) is 20.2. The van der Waals surface area contributed by atoms with E-state index >= 15 is 0 Å². The third kappa shape index (κ3) is 3.79. The molecule has 0 saturated carbocycles. The lowest BCUT2D eigenvalue weighted by Gasteiger charge is -2.24. The third-order valence-electron chi connectivity index (χ3n) is 5.27. The first-order chi connectivity index (χ1) is 14.4. The molecule has 2 N–H and O–H groups in total. The van der Waals surface area contributed by atoms with Crippen molar-refractivity contribution in [3.8, 4) is 11.5 Å². The number of piperidine rings is 1. The molecule has 0 bridgehead atoms. The fourth-order valence-corrected chi connectivity index (χ4v) is 3.80. The summed E-state index contributed by atoms with van der Waals surface area (Å²) >= 11 is 0. The topological polar surface area (TPSA) is 64.0 Å². The predicted molar refractivity (Wildman–Crippen MR) is 115 cm³/mol. The monoisotopic (exact) mass is 385 g/mol. The summed E-state index contributed by atoms with van der Waals surface area (Å²) in [5.41, 5.74) is 1.93. The second-order valence-electron chi connectivity index (χ2n) is 7.25. The molecule has 1 aliphatic rings. The Morgan fingerprint density at radius 2 is 1.79 bits per heavy atom. The SMILES string of the molecule is c1ccc(Oc2ccc(Nc3ncnc4c3ccn4[C@@H]3CCCNC3)cc2)cc1. The molecule has 0 unspecified atom stereocenters. The minimum absolute atomic E-state index is 0.443. The van der Waals surface area contributed by atoms with E-state index in [1.807, 2.05) is 54.6 Å². The zero-order chi connectivity index (χ0) is 19.5. The minimum Gasteiger partial charge on any atom is -0.457 e. The molecule has 2 aromatic heterocycles. The highest BCUT2D eigenvalue weighted by molar-refractivity contribution is 5.89. The third-order valence-corrected chi connectivity index (χ3v) is 5.27. The van der Waals surface area contributed by atoms with Crippen molar-refractivity contribution >= 4 is 22.5 Å². The molecular formula is C23H23N5O. The van der Waals surface area contributed by atoms with Gasteiger partial charge < -0.3 is 19.9 Å². The molecule has 0 amide bonds. The van der Waals surface area contributed by atoms with Crippen molar-refractivity contribution in [1.29, 1.82) is 0 Å². The Labute approximate surface area is 169 Å². The van der Waals surface area contributed by atoms with Crippen LogP contribution < -0.4 is 15.4 Å². The highest BCUT2D eigenvalue weighted by atomic mass is 16.5. The number of hydrogen-bond acceptors (Lipinski definition) is 5. The molecule has 5 rings (SSSR count). The van der Waals surface area contributed by atoms with Crippen molar-refractivity contribution in [1.82, 2.24) is 19.9 Å². The van der Waals surface area contributed by atoms with E-state index in [1.54, 1.807) is 6.33 Å². The van der Waals surface area contributed by atoms with E-state index in [1.165, 1.54) is 12.8 Å². The summed E-state index contributed by atoms with van der Waals surface area (Å²) in [7, 11) is 0. The molecule has 2 aromatic carbocycles. The molecule has 4 aromatic rings. The lowest BCUT2D eigenvalue weighted by atomic mass is 10.1. The molecule has 0 aliphatic carbocycles. The van der Waals surface area contributed by atoms with Crippen LogP contribution in [-0.2, 0) is 0 Å². The van der Waals surface area contributed by atoms with Crippen LogP contribution in [0.1, 0.15) is 18.9 Å². The van der Waals surface area contributed by atoms with Gasteiger partial charge in [-0.2, -0.15) is 0 Å². The molecule has 6 nitrogen and oxygen atoms in total. The molecule has 6 heteroatoms. The summed E-state index contributed by atoms with van der Waals surface area (Å²) in [4.78, 5) is 9.01. The Balaban J connectivity index is 1.35. The van der Waals surface area contributed by atoms with Gasteiger partial charge in [0.05, 0.1) is 5.39 Å².